The highest BCUT2D eigenvalue weighted by Crippen LogP contribution is 2.16. The molecule has 20 heavy (non-hydrogen) atoms. The van der Waals surface area contributed by atoms with Gasteiger partial charge in [0, 0.05) is 39.8 Å². The third-order valence-corrected chi connectivity index (χ3v) is 5.29. The van der Waals surface area contributed by atoms with Gasteiger partial charge < -0.3 is 10.1 Å². The second-order valence-electron chi connectivity index (χ2n) is 5.36. The van der Waals surface area contributed by atoms with E-state index in [1.165, 1.54) is 42.8 Å². The zero-order valence-electron chi connectivity index (χ0n) is 12.7. The molecular weight excluding hydrogens is 278 g/mol. The topological polar surface area (TPSA) is 70.7 Å². The summed E-state index contributed by atoms with van der Waals surface area (Å²) in [7, 11) is -0.264. The maximum absolute atomic E-state index is 11.9. The normalized spacial score (nSPS) is 18.4. The SMILES string of the molecule is COCCN(C)S(=O)(=O)NCCNC1CCCCCC1. The third kappa shape index (κ3) is 6.99. The van der Waals surface area contributed by atoms with Gasteiger partial charge in [-0.2, -0.15) is 12.7 Å². The van der Waals surface area contributed by atoms with Crippen LogP contribution in [0.15, 0.2) is 0 Å². The van der Waals surface area contributed by atoms with Crippen LogP contribution in [0.5, 0.6) is 0 Å². The first-order valence-electron chi connectivity index (χ1n) is 7.49. The summed E-state index contributed by atoms with van der Waals surface area (Å²) in [6, 6.07) is 0.549. The molecule has 6 nitrogen and oxygen atoms in total. The summed E-state index contributed by atoms with van der Waals surface area (Å²) in [5.74, 6) is 0. The first-order chi connectivity index (χ1) is 9.56. The summed E-state index contributed by atoms with van der Waals surface area (Å²) < 4.78 is 32.5. The molecule has 2 N–H and O–H groups in total. The van der Waals surface area contributed by atoms with E-state index in [2.05, 4.69) is 10.0 Å². The number of likely N-dealkylation sites (N-methyl/N-ethyl adjacent to an activating group) is 1. The second-order valence-corrected chi connectivity index (χ2v) is 7.22. The molecule has 0 aromatic heterocycles. The van der Waals surface area contributed by atoms with E-state index in [-0.39, 0.29) is 0 Å². The van der Waals surface area contributed by atoms with Crippen molar-refractivity contribution in [2.75, 3.05) is 40.4 Å². The molecule has 0 amide bonds. The number of nitrogens with zero attached hydrogens (tertiary/aromatic N) is 1. The lowest BCUT2D eigenvalue weighted by molar-refractivity contribution is 0.184. The van der Waals surface area contributed by atoms with Gasteiger partial charge in [-0.25, -0.2) is 4.72 Å². The summed E-state index contributed by atoms with van der Waals surface area (Å²) in [6.07, 6.45) is 7.64. The van der Waals surface area contributed by atoms with Crippen molar-refractivity contribution in [3.05, 3.63) is 0 Å². The van der Waals surface area contributed by atoms with Crippen molar-refractivity contribution in [2.45, 2.75) is 44.6 Å². The predicted octanol–water partition coefficient (Wildman–Crippen LogP) is 0.711. The summed E-state index contributed by atoms with van der Waals surface area (Å²) in [4.78, 5) is 0. The van der Waals surface area contributed by atoms with Gasteiger partial charge >= 0.3 is 0 Å². The molecule has 0 aliphatic heterocycles. The van der Waals surface area contributed by atoms with E-state index in [9.17, 15) is 8.42 Å². The molecular formula is C13H29N3O3S. The van der Waals surface area contributed by atoms with Crippen molar-refractivity contribution in [3.63, 3.8) is 0 Å². The van der Waals surface area contributed by atoms with Crippen LogP contribution in [-0.2, 0) is 14.9 Å². The van der Waals surface area contributed by atoms with Crippen molar-refractivity contribution in [3.8, 4) is 0 Å². The molecule has 0 heterocycles. The van der Waals surface area contributed by atoms with E-state index in [1.807, 2.05) is 0 Å². The van der Waals surface area contributed by atoms with Crippen LogP contribution < -0.4 is 10.0 Å². The van der Waals surface area contributed by atoms with E-state index >= 15 is 0 Å². The van der Waals surface area contributed by atoms with Crippen molar-refractivity contribution in [2.24, 2.45) is 0 Å². The zero-order chi connectivity index (χ0) is 14.8. The average molecular weight is 307 g/mol. The van der Waals surface area contributed by atoms with E-state index in [0.29, 0.717) is 32.3 Å². The minimum absolute atomic E-state index is 0.363. The fraction of sp³-hybridized carbons (Fsp3) is 1.00. The van der Waals surface area contributed by atoms with Crippen LogP contribution in [0.1, 0.15) is 38.5 Å². The van der Waals surface area contributed by atoms with Crippen LogP contribution in [0.2, 0.25) is 0 Å². The van der Waals surface area contributed by atoms with Gasteiger partial charge in [0.15, 0.2) is 0 Å². The molecule has 120 valence electrons. The number of hydrogen-bond acceptors (Lipinski definition) is 4. The molecule has 0 atom stereocenters. The molecule has 0 spiro atoms. The van der Waals surface area contributed by atoms with Gasteiger partial charge in [0.25, 0.3) is 10.2 Å². The van der Waals surface area contributed by atoms with Crippen LogP contribution in [-0.4, -0.2) is 59.2 Å². The van der Waals surface area contributed by atoms with Crippen molar-refractivity contribution >= 4 is 10.2 Å². The Morgan fingerprint density at radius 1 is 1.15 bits per heavy atom. The summed E-state index contributed by atoms with van der Waals surface area (Å²) in [6.45, 7) is 1.87. The second kappa shape index (κ2) is 9.68. The highest BCUT2D eigenvalue weighted by Gasteiger charge is 2.16. The van der Waals surface area contributed by atoms with Gasteiger partial charge in [-0.3, -0.25) is 0 Å². The first-order valence-corrected chi connectivity index (χ1v) is 8.93. The van der Waals surface area contributed by atoms with Gasteiger partial charge in [0.1, 0.15) is 0 Å². The van der Waals surface area contributed by atoms with Gasteiger partial charge in [-0.05, 0) is 12.8 Å². The minimum atomic E-state index is -3.38. The number of nitrogens with one attached hydrogen (secondary N) is 2. The molecule has 0 bridgehead atoms. The third-order valence-electron chi connectivity index (χ3n) is 3.72. The molecule has 1 aliphatic carbocycles. The van der Waals surface area contributed by atoms with Gasteiger partial charge in [0.2, 0.25) is 0 Å². The van der Waals surface area contributed by atoms with Crippen LogP contribution in [0, 0.1) is 0 Å². The molecule has 0 aromatic carbocycles. The molecule has 0 aromatic rings. The van der Waals surface area contributed by atoms with Crippen molar-refractivity contribution in [1.29, 1.82) is 0 Å². The van der Waals surface area contributed by atoms with Crippen LogP contribution in [0.3, 0.4) is 0 Å². The quantitative estimate of drug-likeness (QED) is 0.486. The van der Waals surface area contributed by atoms with Gasteiger partial charge in [0.05, 0.1) is 6.61 Å². The maximum atomic E-state index is 11.9. The lowest BCUT2D eigenvalue weighted by Crippen LogP contribution is -2.43. The molecule has 1 fully saturated rings. The summed E-state index contributed by atoms with van der Waals surface area (Å²) in [5.41, 5.74) is 0. The highest BCUT2D eigenvalue weighted by atomic mass is 32.2. The fourth-order valence-electron chi connectivity index (χ4n) is 2.39. The van der Waals surface area contributed by atoms with E-state index in [4.69, 9.17) is 4.74 Å². The Kier molecular flexibility index (Phi) is 8.63. The highest BCUT2D eigenvalue weighted by molar-refractivity contribution is 7.87. The molecule has 0 unspecified atom stereocenters. The standard InChI is InChI=1S/C13H29N3O3S/c1-16(11-12-19-2)20(17,18)15-10-9-14-13-7-5-3-4-6-8-13/h13-15H,3-12H2,1-2H3. The van der Waals surface area contributed by atoms with E-state index in [1.54, 1.807) is 14.2 Å². The Morgan fingerprint density at radius 3 is 2.40 bits per heavy atom. The lowest BCUT2D eigenvalue weighted by atomic mass is 10.1. The monoisotopic (exact) mass is 307 g/mol. The Balaban J connectivity index is 2.18. The molecule has 7 heteroatoms. The molecule has 1 rings (SSSR count). The maximum Gasteiger partial charge on any atom is 0.279 e. The van der Waals surface area contributed by atoms with Gasteiger partial charge in [-0.15, -0.1) is 0 Å². The van der Waals surface area contributed by atoms with Crippen LogP contribution in [0.25, 0.3) is 0 Å². The summed E-state index contributed by atoms with van der Waals surface area (Å²) >= 11 is 0. The fourth-order valence-corrected chi connectivity index (χ4v) is 3.29. The molecule has 1 saturated carbocycles. The Bertz CT molecular complexity index is 341. The predicted molar refractivity (Wildman–Crippen MR) is 80.9 cm³/mol. The van der Waals surface area contributed by atoms with Crippen molar-refractivity contribution < 1.29 is 13.2 Å². The lowest BCUT2D eigenvalue weighted by Gasteiger charge is -2.19. The van der Waals surface area contributed by atoms with E-state index in [0.717, 1.165) is 0 Å². The van der Waals surface area contributed by atoms with Crippen LogP contribution >= 0.6 is 0 Å². The van der Waals surface area contributed by atoms with Gasteiger partial charge in [-0.1, -0.05) is 25.7 Å². The van der Waals surface area contributed by atoms with Crippen molar-refractivity contribution in [1.82, 2.24) is 14.3 Å². The zero-order valence-corrected chi connectivity index (χ0v) is 13.5. The first kappa shape index (κ1) is 17.8. The number of ether oxygens (including phenoxy) is 1. The Hall–Kier alpha value is -0.210. The largest absolute Gasteiger partial charge is 0.383 e. The molecule has 0 radical (unpaired) electrons. The minimum Gasteiger partial charge on any atom is -0.383 e. The molecule has 0 saturated heterocycles. The number of rotatable bonds is 9. The molecule has 1 aliphatic rings. The Morgan fingerprint density at radius 2 is 1.80 bits per heavy atom. The summed E-state index contributed by atoms with van der Waals surface area (Å²) in [5, 5.41) is 3.45. The van der Waals surface area contributed by atoms with E-state index < -0.39 is 10.2 Å². The average Bonchev–Trinajstić information content (AvgIpc) is 2.69. The Labute approximate surface area is 123 Å². The smallest absolute Gasteiger partial charge is 0.279 e. The number of hydrogen-bond donors (Lipinski definition) is 2. The number of methoxy groups -OCH3 is 1. The van der Waals surface area contributed by atoms with Crippen LogP contribution in [0.4, 0.5) is 0 Å².